The second kappa shape index (κ2) is 9.65. The van der Waals surface area contributed by atoms with Gasteiger partial charge in [-0.25, -0.2) is 9.59 Å². The van der Waals surface area contributed by atoms with Crippen LogP contribution in [-0.4, -0.2) is 41.1 Å². The summed E-state index contributed by atoms with van der Waals surface area (Å²) < 4.78 is 4.67. The largest absolute Gasteiger partial charge is 0.479 e. The van der Waals surface area contributed by atoms with Gasteiger partial charge in [0.05, 0.1) is 6.61 Å². The molecule has 0 spiro atoms. The number of aliphatic carboxylic acids is 1. The van der Waals surface area contributed by atoms with Gasteiger partial charge >= 0.3 is 11.9 Å². The second-order valence-electron chi connectivity index (χ2n) is 6.38. The van der Waals surface area contributed by atoms with Gasteiger partial charge in [0.15, 0.2) is 5.54 Å². The van der Waals surface area contributed by atoms with Crippen LogP contribution >= 0.6 is 0 Å². The van der Waals surface area contributed by atoms with Crippen LogP contribution in [0.4, 0.5) is 0 Å². The summed E-state index contributed by atoms with van der Waals surface area (Å²) in [6.45, 7) is 5.12. The molecule has 0 fully saturated rings. The monoisotopic (exact) mass is 364 g/mol. The fourth-order valence-electron chi connectivity index (χ4n) is 2.68. The minimum absolute atomic E-state index is 0.00345. The van der Waals surface area contributed by atoms with Crippen LogP contribution in [0, 0.1) is 10.8 Å². The highest BCUT2D eigenvalue weighted by Crippen LogP contribution is 2.27. The lowest BCUT2D eigenvalue weighted by Crippen LogP contribution is -2.55. The molecule has 0 aliphatic rings. The summed E-state index contributed by atoms with van der Waals surface area (Å²) in [6.07, 6.45) is 0.100. The Hall–Kier alpha value is -2.77. The van der Waals surface area contributed by atoms with Crippen molar-refractivity contribution in [3.63, 3.8) is 0 Å². The minimum Gasteiger partial charge on any atom is -0.479 e. The standard InChI is InChI=1S/C18H24N2O6/c1-4-26-16(23)14(15(21)22)19-17(24)18(20-25,10-12(2)3)11-13-8-6-5-7-9-13/h5-9,12,14H,4,10-11H2,1-3H3,(H,19,24)(H,21,22)/t14?,18-/m1/s1. The summed E-state index contributed by atoms with van der Waals surface area (Å²) >= 11 is 0. The number of carboxylic acids is 1. The van der Waals surface area contributed by atoms with Crippen molar-refractivity contribution in [1.29, 1.82) is 0 Å². The average Bonchev–Trinajstić information content (AvgIpc) is 2.59. The molecule has 1 amide bonds. The number of amides is 1. The molecule has 8 heteroatoms. The molecule has 0 aromatic heterocycles. The maximum absolute atomic E-state index is 12.8. The van der Waals surface area contributed by atoms with Crippen LogP contribution in [0.2, 0.25) is 0 Å². The number of carbonyl (C=O) groups excluding carboxylic acids is 2. The molecule has 8 nitrogen and oxygen atoms in total. The Morgan fingerprint density at radius 2 is 1.85 bits per heavy atom. The normalized spacial score (nSPS) is 14.2. The molecular weight excluding hydrogens is 340 g/mol. The highest BCUT2D eigenvalue weighted by Gasteiger charge is 2.44. The summed E-state index contributed by atoms with van der Waals surface area (Å²) in [4.78, 5) is 47.6. The maximum atomic E-state index is 12.8. The van der Waals surface area contributed by atoms with E-state index >= 15 is 0 Å². The van der Waals surface area contributed by atoms with Gasteiger partial charge in [0.25, 0.3) is 5.91 Å². The van der Waals surface area contributed by atoms with Crippen LogP contribution in [0.3, 0.4) is 0 Å². The van der Waals surface area contributed by atoms with Crippen LogP contribution in [0.15, 0.2) is 35.5 Å². The van der Waals surface area contributed by atoms with E-state index in [9.17, 15) is 24.4 Å². The number of nitroso groups, excluding NO2 is 1. The van der Waals surface area contributed by atoms with E-state index in [0.29, 0.717) is 5.56 Å². The molecule has 0 aliphatic heterocycles. The molecule has 0 radical (unpaired) electrons. The third kappa shape index (κ3) is 5.65. The smallest absolute Gasteiger partial charge is 0.340 e. The zero-order valence-electron chi connectivity index (χ0n) is 15.1. The first-order valence-corrected chi connectivity index (χ1v) is 8.34. The Morgan fingerprint density at radius 3 is 2.31 bits per heavy atom. The Bertz CT molecular complexity index is 646. The van der Waals surface area contributed by atoms with E-state index in [0.717, 1.165) is 0 Å². The van der Waals surface area contributed by atoms with Gasteiger partial charge in [-0.15, -0.1) is 4.91 Å². The van der Waals surface area contributed by atoms with E-state index in [2.05, 4.69) is 15.2 Å². The van der Waals surface area contributed by atoms with E-state index in [-0.39, 0.29) is 25.4 Å². The van der Waals surface area contributed by atoms with Crippen molar-refractivity contribution in [1.82, 2.24) is 5.32 Å². The van der Waals surface area contributed by atoms with Gasteiger partial charge in [-0.05, 0) is 24.8 Å². The number of esters is 1. The fourth-order valence-corrected chi connectivity index (χ4v) is 2.68. The molecule has 0 saturated carbocycles. The number of nitrogens with zero attached hydrogens (tertiary/aromatic N) is 1. The number of benzene rings is 1. The number of carboxylic acid groups (broad SMARTS) is 1. The molecule has 0 heterocycles. The lowest BCUT2D eigenvalue weighted by Gasteiger charge is -2.28. The summed E-state index contributed by atoms with van der Waals surface area (Å²) in [6, 6.07) is 6.91. The quantitative estimate of drug-likeness (QED) is 0.371. The Labute approximate surface area is 151 Å². The zero-order valence-corrected chi connectivity index (χ0v) is 15.1. The van der Waals surface area contributed by atoms with E-state index in [1.54, 1.807) is 30.3 Å². The third-order valence-corrected chi connectivity index (χ3v) is 3.73. The van der Waals surface area contributed by atoms with E-state index in [1.165, 1.54) is 6.92 Å². The number of carbonyl (C=O) groups is 3. The van der Waals surface area contributed by atoms with Crippen molar-refractivity contribution in [2.24, 2.45) is 11.1 Å². The predicted molar refractivity (Wildman–Crippen MR) is 94.3 cm³/mol. The number of rotatable bonds is 10. The fraction of sp³-hybridized carbons (Fsp3) is 0.500. The van der Waals surface area contributed by atoms with Crippen LogP contribution in [0.25, 0.3) is 0 Å². The molecule has 2 atom stereocenters. The first kappa shape index (κ1) is 21.3. The highest BCUT2D eigenvalue weighted by atomic mass is 16.5. The Balaban J connectivity index is 3.15. The predicted octanol–water partition coefficient (Wildman–Crippen LogP) is 1.91. The summed E-state index contributed by atoms with van der Waals surface area (Å²) in [5.74, 6) is -3.64. The zero-order chi connectivity index (χ0) is 19.7. The topological polar surface area (TPSA) is 122 Å². The molecule has 0 bridgehead atoms. The molecule has 26 heavy (non-hydrogen) atoms. The van der Waals surface area contributed by atoms with E-state index < -0.39 is 29.4 Å². The molecule has 1 aromatic rings. The summed E-state index contributed by atoms with van der Waals surface area (Å²) in [5, 5.41) is 14.4. The average molecular weight is 364 g/mol. The molecule has 1 unspecified atom stereocenters. The van der Waals surface area contributed by atoms with Crippen molar-refractivity contribution in [2.45, 2.75) is 45.2 Å². The van der Waals surface area contributed by atoms with Gasteiger partial charge in [-0.3, -0.25) is 4.79 Å². The van der Waals surface area contributed by atoms with Crippen molar-refractivity contribution in [3.05, 3.63) is 40.8 Å². The highest BCUT2D eigenvalue weighted by molar-refractivity contribution is 6.03. The number of hydrogen-bond acceptors (Lipinski definition) is 6. The number of hydrogen-bond donors (Lipinski definition) is 2. The van der Waals surface area contributed by atoms with Crippen LogP contribution in [0.1, 0.15) is 32.8 Å². The van der Waals surface area contributed by atoms with E-state index in [4.69, 9.17) is 0 Å². The molecule has 1 aromatic carbocycles. The summed E-state index contributed by atoms with van der Waals surface area (Å²) in [5.41, 5.74) is -1.03. The Kier molecular flexibility index (Phi) is 7.89. The van der Waals surface area contributed by atoms with Crippen LogP contribution in [-0.2, 0) is 25.5 Å². The first-order chi connectivity index (χ1) is 12.3. The van der Waals surface area contributed by atoms with Crippen molar-refractivity contribution >= 4 is 17.8 Å². The molecular formula is C18H24N2O6. The van der Waals surface area contributed by atoms with Crippen LogP contribution in [0.5, 0.6) is 0 Å². The van der Waals surface area contributed by atoms with Crippen molar-refractivity contribution in [2.75, 3.05) is 6.61 Å². The van der Waals surface area contributed by atoms with Gasteiger partial charge in [0.2, 0.25) is 6.04 Å². The molecule has 0 aliphatic carbocycles. The summed E-state index contributed by atoms with van der Waals surface area (Å²) in [7, 11) is 0. The second-order valence-corrected chi connectivity index (χ2v) is 6.38. The van der Waals surface area contributed by atoms with Gasteiger partial charge < -0.3 is 15.2 Å². The molecule has 2 N–H and O–H groups in total. The molecule has 142 valence electrons. The molecule has 1 rings (SSSR count). The third-order valence-electron chi connectivity index (χ3n) is 3.73. The van der Waals surface area contributed by atoms with Crippen LogP contribution < -0.4 is 5.32 Å². The number of ether oxygens (including phenoxy) is 1. The number of nitrogens with one attached hydrogen (secondary N) is 1. The van der Waals surface area contributed by atoms with E-state index in [1.807, 2.05) is 13.8 Å². The van der Waals surface area contributed by atoms with Gasteiger partial charge in [0.1, 0.15) is 0 Å². The minimum atomic E-state index is -1.90. The van der Waals surface area contributed by atoms with Gasteiger partial charge in [-0.1, -0.05) is 49.4 Å². The lowest BCUT2D eigenvalue weighted by molar-refractivity contribution is -0.157. The Morgan fingerprint density at radius 1 is 1.23 bits per heavy atom. The molecule has 0 saturated heterocycles. The van der Waals surface area contributed by atoms with Crippen molar-refractivity contribution < 1.29 is 24.2 Å². The van der Waals surface area contributed by atoms with Gasteiger partial charge in [-0.2, -0.15) is 0 Å². The first-order valence-electron chi connectivity index (χ1n) is 8.34. The maximum Gasteiger partial charge on any atom is 0.340 e. The van der Waals surface area contributed by atoms with Crippen molar-refractivity contribution in [3.8, 4) is 0 Å². The lowest BCUT2D eigenvalue weighted by atomic mass is 9.83. The SMILES string of the molecule is CCOC(=O)C(NC(=O)[C@](Cc1ccccc1)(CC(C)C)N=O)C(=O)O. The van der Waals surface area contributed by atoms with Gasteiger partial charge in [0, 0.05) is 6.42 Å².